The number of ether oxygens (including phenoxy) is 1. The molecular weight excluding hydrogens is 288 g/mol. The van der Waals surface area contributed by atoms with Gasteiger partial charge in [0.05, 0.1) is 0 Å². The molecule has 3 aromatic rings. The molecule has 1 aromatic heterocycles. The van der Waals surface area contributed by atoms with E-state index >= 15 is 0 Å². The minimum Gasteiger partial charge on any atom is -0.481 e. The maximum atomic E-state index is 12.0. The molecular formula is C19H18N2O2. The van der Waals surface area contributed by atoms with E-state index in [9.17, 15) is 4.79 Å². The van der Waals surface area contributed by atoms with Gasteiger partial charge in [0.1, 0.15) is 11.3 Å². The summed E-state index contributed by atoms with van der Waals surface area (Å²) in [5, 5.41) is 3.86. The molecule has 0 fully saturated rings. The number of para-hydroxylation sites is 1. The van der Waals surface area contributed by atoms with Crippen molar-refractivity contribution in [2.45, 2.75) is 13.5 Å². The van der Waals surface area contributed by atoms with Gasteiger partial charge >= 0.3 is 0 Å². The molecule has 0 spiro atoms. The zero-order chi connectivity index (χ0) is 16.1. The number of amides is 1. The van der Waals surface area contributed by atoms with Crippen LogP contribution in [0.15, 0.2) is 60.8 Å². The Morgan fingerprint density at radius 1 is 1.09 bits per heavy atom. The summed E-state index contributed by atoms with van der Waals surface area (Å²) in [4.78, 5) is 16.3. The second-order valence-electron chi connectivity index (χ2n) is 5.32. The van der Waals surface area contributed by atoms with E-state index in [4.69, 9.17) is 4.74 Å². The Hall–Kier alpha value is -2.88. The molecule has 0 atom stereocenters. The number of carbonyl (C=O) groups excluding carboxylic acids is 1. The fraction of sp³-hybridized carbons (Fsp3) is 0.158. The number of nitrogens with one attached hydrogen (secondary N) is 1. The van der Waals surface area contributed by atoms with Crippen molar-refractivity contribution >= 4 is 16.8 Å². The second kappa shape index (κ2) is 6.92. The topological polar surface area (TPSA) is 51.2 Å². The van der Waals surface area contributed by atoms with Crippen molar-refractivity contribution in [3.63, 3.8) is 0 Å². The Kier molecular flexibility index (Phi) is 4.52. The van der Waals surface area contributed by atoms with Crippen LogP contribution in [0.4, 0.5) is 0 Å². The fourth-order valence-electron chi connectivity index (χ4n) is 2.39. The van der Waals surface area contributed by atoms with Gasteiger partial charge in [0.15, 0.2) is 6.61 Å². The highest BCUT2D eigenvalue weighted by Crippen LogP contribution is 2.22. The lowest BCUT2D eigenvalue weighted by atomic mass is 10.1. The van der Waals surface area contributed by atoms with Gasteiger partial charge in [-0.3, -0.25) is 9.78 Å². The fourth-order valence-corrected chi connectivity index (χ4v) is 2.39. The Bertz CT molecular complexity index is 825. The van der Waals surface area contributed by atoms with Gasteiger partial charge in [-0.15, -0.1) is 0 Å². The highest BCUT2D eigenvalue weighted by molar-refractivity contribution is 5.85. The van der Waals surface area contributed by atoms with Crippen molar-refractivity contribution in [3.05, 3.63) is 71.9 Å². The molecule has 0 aliphatic rings. The molecule has 1 N–H and O–H groups in total. The number of aryl methyl sites for hydroxylation is 1. The van der Waals surface area contributed by atoms with Gasteiger partial charge in [0, 0.05) is 18.1 Å². The molecule has 3 rings (SSSR count). The quantitative estimate of drug-likeness (QED) is 0.787. The summed E-state index contributed by atoms with van der Waals surface area (Å²) in [5.41, 5.74) is 3.03. The molecule has 0 unspecified atom stereocenters. The number of benzene rings is 2. The van der Waals surface area contributed by atoms with Crippen LogP contribution >= 0.6 is 0 Å². The third kappa shape index (κ3) is 3.66. The van der Waals surface area contributed by atoms with E-state index in [2.05, 4.69) is 10.3 Å². The summed E-state index contributed by atoms with van der Waals surface area (Å²) >= 11 is 0. The van der Waals surface area contributed by atoms with Gasteiger partial charge in [-0.1, -0.05) is 42.5 Å². The number of hydrogen-bond acceptors (Lipinski definition) is 3. The predicted molar refractivity (Wildman–Crippen MR) is 90.3 cm³/mol. The molecule has 2 aromatic carbocycles. The third-order valence-corrected chi connectivity index (χ3v) is 3.69. The van der Waals surface area contributed by atoms with Crippen LogP contribution in [0.3, 0.4) is 0 Å². The zero-order valence-electron chi connectivity index (χ0n) is 13.0. The van der Waals surface area contributed by atoms with E-state index < -0.39 is 0 Å². The molecule has 0 saturated carbocycles. The van der Waals surface area contributed by atoms with Crippen molar-refractivity contribution in [1.29, 1.82) is 0 Å². The van der Waals surface area contributed by atoms with Gasteiger partial charge in [0.2, 0.25) is 0 Å². The number of pyridine rings is 1. The van der Waals surface area contributed by atoms with Crippen LogP contribution in [0.25, 0.3) is 10.9 Å². The average molecular weight is 306 g/mol. The van der Waals surface area contributed by atoms with Crippen molar-refractivity contribution in [2.75, 3.05) is 6.61 Å². The van der Waals surface area contributed by atoms with Crippen LogP contribution in [-0.2, 0) is 11.3 Å². The van der Waals surface area contributed by atoms with Gasteiger partial charge < -0.3 is 10.1 Å². The Balaban J connectivity index is 1.59. The monoisotopic (exact) mass is 306 g/mol. The Morgan fingerprint density at radius 3 is 2.78 bits per heavy atom. The van der Waals surface area contributed by atoms with E-state index in [1.807, 2.05) is 61.5 Å². The number of nitrogens with zero attached hydrogens (tertiary/aromatic N) is 1. The number of carbonyl (C=O) groups is 1. The number of aromatic nitrogens is 1. The summed E-state index contributed by atoms with van der Waals surface area (Å²) in [6.07, 6.45) is 1.72. The van der Waals surface area contributed by atoms with Crippen molar-refractivity contribution in [3.8, 4) is 5.75 Å². The van der Waals surface area contributed by atoms with Gasteiger partial charge in [-0.2, -0.15) is 0 Å². The predicted octanol–water partition coefficient (Wildman–Crippen LogP) is 3.24. The molecule has 4 nitrogen and oxygen atoms in total. The van der Waals surface area contributed by atoms with Crippen LogP contribution in [0.2, 0.25) is 0 Å². The first-order valence-corrected chi connectivity index (χ1v) is 7.52. The van der Waals surface area contributed by atoms with E-state index in [0.29, 0.717) is 12.3 Å². The summed E-state index contributed by atoms with van der Waals surface area (Å²) < 4.78 is 5.63. The normalized spacial score (nSPS) is 10.5. The Morgan fingerprint density at radius 2 is 1.91 bits per heavy atom. The highest BCUT2D eigenvalue weighted by atomic mass is 16.5. The van der Waals surface area contributed by atoms with Crippen molar-refractivity contribution in [2.24, 2.45) is 0 Å². The van der Waals surface area contributed by atoms with E-state index in [0.717, 1.165) is 22.0 Å². The molecule has 0 aliphatic carbocycles. The lowest BCUT2D eigenvalue weighted by Crippen LogP contribution is -2.28. The molecule has 1 amide bonds. The minimum absolute atomic E-state index is 0.0262. The smallest absolute Gasteiger partial charge is 0.258 e. The SMILES string of the molecule is Cc1ccccc1CNC(=O)COc1cccc2cccnc12. The summed E-state index contributed by atoms with van der Waals surface area (Å²) in [5.74, 6) is 0.468. The summed E-state index contributed by atoms with van der Waals surface area (Å²) in [6, 6.07) is 17.5. The molecule has 23 heavy (non-hydrogen) atoms. The maximum Gasteiger partial charge on any atom is 0.258 e. The number of fused-ring (bicyclic) bond motifs is 1. The largest absolute Gasteiger partial charge is 0.481 e. The van der Waals surface area contributed by atoms with E-state index in [-0.39, 0.29) is 12.5 Å². The molecule has 0 saturated heterocycles. The standard InChI is InChI=1S/C19H18N2O2/c1-14-6-2-3-7-16(14)12-21-18(22)13-23-17-10-4-8-15-9-5-11-20-19(15)17/h2-11H,12-13H2,1H3,(H,21,22). The molecule has 0 radical (unpaired) electrons. The van der Waals surface area contributed by atoms with E-state index in [1.54, 1.807) is 6.20 Å². The molecule has 0 aliphatic heterocycles. The molecule has 1 heterocycles. The Labute approximate surface area is 135 Å². The summed E-state index contributed by atoms with van der Waals surface area (Å²) in [7, 11) is 0. The maximum absolute atomic E-state index is 12.0. The van der Waals surface area contributed by atoms with Gasteiger partial charge in [-0.05, 0) is 30.2 Å². The number of rotatable bonds is 5. The molecule has 4 heteroatoms. The first-order chi connectivity index (χ1) is 11.2. The highest BCUT2D eigenvalue weighted by Gasteiger charge is 2.07. The van der Waals surface area contributed by atoms with Crippen LogP contribution in [-0.4, -0.2) is 17.5 Å². The second-order valence-corrected chi connectivity index (χ2v) is 5.32. The zero-order valence-corrected chi connectivity index (χ0v) is 13.0. The lowest BCUT2D eigenvalue weighted by Gasteiger charge is -2.10. The number of hydrogen-bond donors (Lipinski definition) is 1. The van der Waals surface area contributed by atoms with E-state index in [1.165, 1.54) is 0 Å². The molecule has 0 bridgehead atoms. The van der Waals surface area contributed by atoms with Gasteiger partial charge in [0.25, 0.3) is 5.91 Å². The van der Waals surface area contributed by atoms with Crippen molar-refractivity contribution in [1.82, 2.24) is 10.3 Å². The van der Waals surface area contributed by atoms with Crippen LogP contribution < -0.4 is 10.1 Å². The van der Waals surface area contributed by atoms with Crippen LogP contribution in [0.5, 0.6) is 5.75 Å². The average Bonchev–Trinajstić information content (AvgIpc) is 2.59. The summed E-state index contributed by atoms with van der Waals surface area (Å²) in [6.45, 7) is 2.50. The first kappa shape index (κ1) is 15.0. The lowest BCUT2D eigenvalue weighted by molar-refractivity contribution is -0.123. The first-order valence-electron chi connectivity index (χ1n) is 7.52. The van der Waals surface area contributed by atoms with Crippen LogP contribution in [0, 0.1) is 6.92 Å². The minimum atomic E-state index is -0.152. The third-order valence-electron chi connectivity index (χ3n) is 3.69. The van der Waals surface area contributed by atoms with Gasteiger partial charge in [-0.25, -0.2) is 0 Å². The molecule has 116 valence electrons. The van der Waals surface area contributed by atoms with Crippen molar-refractivity contribution < 1.29 is 9.53 Å². The van der Waals surface area contributed by atoms with Crippen LogP contribution in [0.1, 0.15) is 11.1 Å².